The van der Waals surface area contributed by atoms with Gasteiger partial charge in [-0.15, -0.1) is 0 Å². The Balaban J connectivity index is 1.38. The maximum Gasteiger partial charge on any atom is 0.244 e. The van der Waals surface area contributed by atoms with E-state index in [1.807, 2.05) is 24.3 Å². The number of nitrogens with zero attached hydrogens (tertiary/aromatic N) is 2. The summed E-state index contributed by atoms with van der Waals surface area (Å²) < 4.78 is 25.4. The monoisotopic (exact) mass is 481 g/mol. The molecule has 1 aliphatic rings. The number of ether oxygens (including phenoxy) is 2. The number of carbonyl (C=O) groups excluding carboxylic acids is 1. The molecule has 1 amide bonds. The van der Waals surface area contributed by atoms with Gasteiger partial charge in [0.1, 0.15) is 5.75 Å². The molecule has 0 radical (unpaired) electrons. The third kappa shape index (κ3) is 6.41. The van der Waals surface area contributed by atoms with Crippen molar-refractivity contribution in [2.24, 2.45) is 0 Å². The van der Waals surface area contributed by atoms with Crippen LogP contribution in [0.15, 0.2) is 73.1 Å². The molecule has 2 aromatic carbocycles. The highest BCUT2D eigenvalue weighted by Crippen LogP contribution is 2.28. The van der Waals surface area contributed by atoms with E-state index in [1.54, 1.807) is 30.5 Å². The third-order valence-corrected chi connectivity index (χ3v) is 5.81. The molecule has 0 bridgehead atoms. The zero-order valence-electron chi connectivity index (χ0n) is 18.5. The zero-order valence-corrected chi connectivity index (χ0v) is 19.2. The third-order valence-electron chi connectivity index (χ3n) is 5.47. The largest absolute Gasteiger partial charge is 0.453 e. The first kappa shape index (κ1) is 23.9. The molecular formula is C26H25ClFN3O3. The molecule has 8 heteroatoms. The predicted octanol–water partition coefficient (Wildman–Crippen LogP) is 4.87. The number of halogens is 2. The van der Waals surface area contributed by atoms with Crippen LogP contribution in [0.5, 0.6) is 11.5 Å². The molecule has 1 aliphatic heterocycles. The van der Waals surface area contributed by atoms with Gasteiger partial charge >= 0.3 is 0 Å². The van der Waals surface area contributed by atoms with Gasteiger partial charge in [-0.05, 0) is 47.5 Å². The standard InChI is InChI=1S/C26H25ClFN3O3/c27-22-6-2-1-5-21(22)24(31-12-14-33-15-13-31)18-30-26(32)10-8-19-7-9-25(23(28)16-19)34-20-4-3-11-29-17-20/h1-11,16-17,24H,12-15,18H2,(H,30,32)/b10-8+. The van der Waals surface area contributed by atoms with Crippen molar-refractivity contribution in [3.8, 4) is 11.5 Å². The average Bonchev–Trinajstić information content (AvgIpc) is 2.87. The lowest BCUT2D eigenvalue weighted by Gasteiger charge is -2.35. The molecule has 176 valence electrons. The minimum absolute atomic E-state index is 0.0729. The number of carbonyl (C=O) groups is 1. The highest BCUT2D eigenvalue weighted by molar-refractivity contribution is 6.31. The van der Waals surface area contributed by atoms with Gasteiger partial charge in [0.05, 0.1) is 25.5 Å². The van der Waals surface area contributed by atoms with E-state index in [9.17, 15) is 9.18 Å². The van der Waals surface area contributed by atoms with Crippen LogP contribution >= 0.6 is 11.6 Å². The molecule has 1 atom stereocenters. The maximum atomic E-state index is 14.4. The normalized spacial score (nSPS) is 15.2. The van der Waals surface area contributed by atoms with Crippen molar-refractivity contribution in [1.82, 2.24) is 15.2 Å². The second-order valence-electron chi connectivity index (χ2n) is 7.74. The van der Waals surface area contributed by atoms with Crippen LogP contribution in [0.3, 0.4) is 0 Å². The molecule has 4 rings (SSSR count). The van der Waals surface area contributed by atoms with E-state index < -0.39 is 5.82 Å². The molecule has 1 fully saturated rings. The highest BCUT2D eigenvalue weighted by atomic mass is 35.5. The lowest BCUT2D eigenvalue weighted by molar-refractivity contribution is -0.116. The van der Waals surface area contributed by atoms with Gasteiger partial charge in [-0.1, -0.05) is 35.9 Å². The topological polar surface area (TPSA) is 63.7 Å². The minimum Gasteiger partial charge on any atom is -0.453 e. The summed E-state index contributed by atoms with van der Waals surface area (Å²) in [5.41, 5.74) is 1.50. The van der Waals surface area contributed by atoms with Crippen molar-refractivity contribution in [3.63, 3.8) is 0 Å². The molecule has 3 aromatic rings. The summed E-state index contributed by atoms with van der Waals surface area (Å²) >= 11 is 6.44. The fraction of sp³-hybridized carbons (Fsp3) is 0.231. The summed E-state index contributed by atoms with van der Waals surface area (Å²) in [7, 11) is 0. The van der Waals surface area contributed by atoms with Crippen LogP contribution in [-0.4, -0.2) is 48.6 Å². The summed E-state index contributed by atoms with van der Waals surface area (Å²) in [4.78, 5) is 18.7. The van der Waals surface area contributed by atoms with Gasteiger partial charge < -0.3 is 14.8 Å². The van der Waals surface area contributed by atoms with E-state index in [0.29, 0.717) is 36.1 Å². The minimum atomic E-state index is -0.530. The Morgan fingerprint density at radius 2 is 2.03 bits per heavy atom. The van der Waals surface area contributed by atoms with Crippen molar-refractivity contribution < 1.29 is 18.7 Å². The number of hydrogen-bond acceptors (Lipinski definition) is 5. The van der Waals surface area contributed by atoms with Gasteiger partial charge in [0, 0.05) is 36.9 Å². The molecular weight excluding hydrogens is 457 g/mol. The second-order valence-corrected chi connectivity index (χ2v) is 8.15. The summed E-state index contributed by atoms with van der Waals surface area (Å²) in [6.07, 6.45) is 6.06. The lowest BCUT2D eigenvalue weighted by atomic mass is 10.0. The summed E-state index contributed by atoms with van der Waals surface area (Å²) in [6.45, 7) is 3.18. The van der Waals surface area contributed by atoms with Crippen molar-refractivity contribution in [3.05, 3.63) is 95.0 Å². The second kappa shape index (κ2) is 11.7. The number of nitrogens with one attached hydrogen (secondary N) is 1. The van der Waals surface area contributed by atoms with Gasteiger partial charge in [-0.25, -0.2) is 4.39 Å². The van der Waals surface area contributed by atoms with Crippen LogP contribution < -0.4 is 10.1 Å². The first-order valence-electron chi connectivity index (χ1n) is 11.0. The number of rotatable bonds is 8. The van der Waals surface area contributed by atoms with E-state index in [1.165, 1.54) is 24.4 Å². The van der Waals surface area contributed by atoms with E-state index in [0.717, 1.165) is 18.7 Å². The van der Waals surface area contributed by atoms with Crippen LogP contribution in [0.4, 0.5) is 4.39 Å². The molecule has 1 saturated heterocycles. The number of aromatic nitrogens is 1. The van der Waals surface area contributed by atoms with E-state index >= 15 is 0 Å². The fourth-order valence-electron chi connectivity index (χ4n) is 3.74. The van der Waals surface area contributed by atoms with Gasteiger partial charge in [0.25, 0.3) is 0 Å². The molecule has 1 aromatic heterocycles. The quantitative estimate of drug-likeness (QED) is 0.465. The lowest BCUT2D eigenvalue weighted by Crippen LogP contribution is -2.43. The maximum absolute atomic E-state index is 14.4. The summed E-state index contributed by atoms with van der Waals surface area (Å²) in [5.74, 6) is -0.279. The summed E-state index contributed by atoms with van der Waals surface area (Å²) in [5, 5.41) is 3.60. The van der Waals surface area contributed by atoms with Gasteiger partial charge in [-0.2, -0.15) is 0 Å². The molecule has 2 heterocycles. The van der Waals surface area contributed by atoms with Gasteiger partial charge in [0.15, 0.2) is 11.6 Å². The van der Waals surface area contributed by atoms with E-state index in [-0.39, 0.29) is 17.7 Å². The van der Waals surface area contributed by atoms with Crippen LogP contribution in [0.1, 0.15) is 17.2 Å². The smallest absolute Gasteiger partial charge is 0.244 e. The Morgan fingerprint density at radius 1 is 1.21 bits per heavy atom. The van der Waals surface area contributed by atoms with Gasteiger partial charge in [0.2, 0.25) is 5.91 Å². The SMILES string of the molecule is O=C(/C=C/c1ccc(Oc2cccnc2)c(F)c1)NCC(c1ccccc1Cl)N1CCOCC1. The molecule has 1 unspecified atom stereocenters. The first-order valence-corrected chi connectivity index (χ1v) is 11.4. The molecule has 6 nitrogen and oxygen atoms in total. The molecule has 0 spiro atoms. The van der Waals surface area contributed by atoms with E-state index in [4.69, 9.17) is 21.1 Å². The van der Waals surface area contributed by atoms with E-state index in [2.05, 4.69) is 15.2 Å². The van der Waals surface area contributed by atoms with Crippen LogP contribution in [-0.2, 0) is 9.53 Å². The first-order chi connectivity index (χ1) is 16.6. The number of amides is 1. The Hall–Kier alpha value is -3.26. The van der Waals surface area contributed by atoms with Crippen molar-refractivity contribution in [2.45, 2.75) is 6.04 Å². The Bertz CT molecular complexity index is 1140. The van der Waals surface area contributed by atoms with Crippen LogP contribution in [0.2, 0.25) is 5.02 Å². The number of hydrogen-bond donors (Lipinski definition) is 1. The zero-order chi connectivity index (χ0) is 23.8. The highest BCUT2D eigenvalue weighted by Gasteiger charge is 2.24. The van der Waals surface area contributed by atoms with Crippen molar-refractivity contribution in [2.75, 3.05) is 32.8 Å². The molecule has 34 heavy (non-hydrogen) atoms. The fourth-order valence-corrected chi connectivity index (χ4v) is 4.00. The molecule has 0 aliphatic carbocycles. The number of benzene rings is 2. The molecule has 1 N–H and O–H groups in total. The Morgan fingerprint density at radius 3 is 2.76 bits per heavy atom. The summed E-state index contributed by atoms with van der Waals surface area (Å²) in [6, 6.07) is 15.5. The number of morpholine rings is 1. The van der Waals surface area contributed by atoms with Crippen LogP contribution in [0, 0.1) is 5.82 Å². The number of pyridine rings is 1. The van der Waals surface area contributed by atoms with Crippen molar-refractivity contribution in [1.29, 1.82) is 0 Å². The van der Waals surface area contributed by atoms with Crippen molar-refractivity contribution >= 4 is 23.6 Å². The van der Waals surface area contributed by atoms with Gasteiger partial charge in [-0.3, -0.25) is 14.7 Å². The predicted molar refractivity (Wildman–Crippen MR) is 129 cm³/mol. The Labute approximate surface area is 203 Å². The average molecular weight is 482 g/mol. The van der Waals surface area contributed by atoms with Crippen LogP contribution in [0.25, 0.3) is 6.08 Å². The Kier molecular flexibility index (Phi) is 8.25. The molecule has 0 saturated carbocycles.